The fourth-order valence-electron chi connectivity index (χ4n) is 1.97. The zero-order valence-corrected chi connectivity index (χ0v) is 12.9. The van der Waals surface area contributed by atoms with Crippen LogP contribution < -0.4 is 0 Å². The van der Waals surface area contributed by atoms with E-state index < -0.39 is 0 Å². The van der Waals surface area contributed by atoms with E-state index in [0.29, 0.717) is 11.8 Å². The van der Waals surface area contributed by atoms with Crippen LogP contribution in [0.3, 0.4) is 0 Å². The maximum atomic E-state index is 4.24. The molecule has 0 heterocycles. The summed E-state index contributed by atoms with van der Waals surface area (Å²) in [5, 5.41) is 8.47. The van der Waals surface area contributed by atoms with Crippen molar-refractivity contribution in [2.45, 2.75) is 79.1 Å². The topological polar surface area (TPSA) is 24.7 Å². The largest absolute Gasteiger partial charge is 0.164 e. The van der Waals surface area contributed by atoms with Gasteiger partial charge in [-0.1, -0.05) is 53.4 Å². The van der Waals surface area contributed by atoms with Crippen molar-refractivity contribution in [2.24, 2.45) is 22.0 Å². The third kappa shape index (κ3) is 9.38. The molecule has 2 nitrogen and oxygen atoms in total. The van der Waals surface area contributed by atoms with Crippen molar-refractivity contribution >= 4 is 12.4 Å². The number of hydrogen-bond donors (Lipinski definition) is 0. The smallest absolute Gasteiger partial charge is 0.0300 e. The molecular formula is C16H32N2. The third-order valence-corrected chi connectivity index (χ3v) is 3.53. The van der Waals surface area contributed by atoms with Gasteiger partial charge in [0.05, 0.1) is 0 Å². The summed E-state index contributed by atoms with van der Waals surface area (Å²) >= 11 is 0. The molecule has 0 fully saturated rings. The molecule has 0 amide bonds. The molecule has 0 saturated heterocycles. The lowest BCUT2D eigenvalue weighted by Gasteiger charge is -2.07. The molecule has 0 aromatic carbocycles. The summed E-state index contributed by atoms with van der Waals surface area (Å²) < 4.78 is 0. The first-order valence-corrected chi connectivity index (χ1v) is 7.84. The van der Waals surface area contributed by atoms with Crippen molar-refractivity contribution in [2.75, 3.05) is 0 Å². The number of nitrogens with zero attached hydrogens (tertiary/aromatic N) is 2. The Labute approximate surface area is 114 Å². The average Bonchev–Trinajstić information content (AvgIpc) is 2.41. The van der Waals surface area contributed by atoms with Gasteiger partial charge in [0.1, 0.15) is 0 Å². The van der Waals surface area contributed by atoms with Crippen LogP contribution in [0.5, 0.6) is 0 Å². The minimum atomic E-state index is 0.609. The highest BCUT2D eigenvalue weighted by molar-refractivity contribution is 5.64. The molecule has 2 atom stereocenters. The van der Waals surface area contributed by atoms with Crippen LogP contribution in [0.4, 0.5) is 0 Å². The summed E-state index contributed by atoms with van der Waals surface area (Å²) in [5.41, 5.74) is 0. The minimum Gasteiger partial charge on any atom is -0.164 e. The van der Waals surface area contributed by atoms with Crippen molar-refractivity contribution in [3.8, 4) is 0 Å². The average molecular weight is 252 g/mol. The predicted molar refractivity (Wildman–Crippen MR) is 83.6 cm³/mol. The van der Waals surface area contributed by atoms with Crippen molar-refractivity contribution in [1.82, 2.24) is 0 Å². The third-order valence-electron chi connectivity index (χ3n) is 3.53. The number of hydrogen-bond acceptors (Lipinski definition) is 2. The van der Waals surface area contributed by atoms with Crippen LogP contribution in [0.15, 0.2) is 10.2 Å². The molecule has 0 aromatic heterocycles. The highest BCUT2D eigenvalue weighted by Gasteiger charge is 2.02. The monoisotopic (exact) mass is 252 g/mol. The van der Waals surface area contributed by atoms with Crippen molar-refractivity contribution in [1.29, 1.82) is 0 Å². The van der Waals surface area contributed by atoms with Gasteiger partial charge in [-0.2, -0.15) is 10.2 Å². The van der Waals surface area contributed by atoms with Crippen LogP contribution >= 0.6 is 0 Å². The Hall–Kier alpha value is -0.660. The molecule has 0 aliphatic carbocycles. The lowest BCUT2D eigenvalue weighted by molar-refractivity contribution is 0.572. The molecule has 106 valence electrons. The van der Waals surface area contributed by atoms with Gasteiger partial charge in [-0.15, -0.1) is 0 Å². The van der Waals surface area contributed by atoms with Crippen molar-refractivity contribution < 1.29 is 0 Å². The normalized spacial score (nSPS) is 15.6. The zero-order chi connectivity index (χ0) is 13.6. The summed E-state index contributed by atoms with van der Waals surface area (Å²) in [5.74, 6) is 1.22. The molecule has 0 rings (SSSR count). The number of rotatable bonds is 11. The van der Waals surface area contributed by atoms with Gasteiger partial charge >= 0.3 is 0 Å². The lowest BCUT2D eigenvalue weighted by atomic mass is 10.0. The Morgan fingerprint density at radius 3 is 1.39 bits per heavy atom. The predicted octanol–water partition coefficient (Wildman–Crippen LogP) is 5.48. The van der Waals surface area contributed by atoms with Crippen LogP contribution in [0.2, 0.25) is 0 Å². The number of unbranched alkanes of at least 4 members (excludes halogenated alkanes) is 2. The Bertz CT molecular complexity index is 197. The molecule has 0 N–H and O–H groups in total. The van der Waals surface area contributed by atoms with Crippen LogP contribution in [0.25, 0.3) is 0 Å². The lowest BCUT2D eigenvalue weighted by Crippen LogP contribution is -2.01. The molecule has 0 aliphatic rings. The first-order chi connectivity index (χ1) is 8.78. The van der Waals surface area contributed by atoms with E-state index >= 15 is 0 Å². The Balaban J connectivity index is 4.00. The fourth-order valence-corrected chi connectivity index (χ4v) is 1.97. The molecule has 0 radical (unpaired) electrons. The summed E-state index contributed by atoms with van der Waals surface area (Å²) in [6, 6.07) is 0. The second-order valence-corrected chi connectivity index (χ2v) is 5.15. The zero-order valence-electron chi connectivity index (χ0n) is 12.9. The van der Waals surface area contributed by atoms with Gasteiger partial charge in [-0.3, -0.25) is 0 Å². The van der Waals surface area contributed by atoms with Crippen molar-refractivity contribution in [3.63, 3.8) is 0 Å². The van der Waals surface area contributed by atoms with E-state index in [1.165, 1.54) is 51.4 Å². The van der Waals surface area contributed by atoms with Crippen LogP contribution in [-0.2, 0) is 0 Å². The molecule has 0 aromatic rings. The van der Waals surface area contributed by atoms with E-state index in [9.17, 15) is 0 Å². The molecule has 0 spiro atoms. The first-order valence-electron chi connectivity index (χ1n) is 7.84. The van der Waals surface area contributed by atoms with Crippen LogP contribution in [0, 0.1) is 11.8 Å². The fraction of sp³-hybridized carbons (Fsp3) is 0.875. The van der Waals surface area contributed by atoms with Gasteiger partial charge in [0.2, 0.25) is 0 Å². The second kappa shape index (κ2) is 12.8. The van der Waals surface area contributed by atoms with E-state index in [1.807, 2.05) is 12.4 Å². The Morgan fingerprint density at radius 2 is 1.11 bits per heavy atom. The molecule has 2 unspecified atom stereocenters. The highest BCUT2D eigenvalue weighted by atomic mass is 15.2. The first kappa shape index (κ1) is 17.3. The second-order valence-electron chi connectivity index (χ2n) is 5.15. The van der Waals surface area contributed by atoms with Gasteiger partial charge < -0.3 is 0 Å². The van der Waals surface area contributed by atoms with Gasteiger partial charge in [-0.25, -0.2) is 0 Å². The standard InChI is InChI=1S/C16H32N2/c1-5-9-11-15(7-3)13-17-18-14-16(8-4)12-10-6-2/h13-16H,5-12H2,1-4H3/b17-13+,18-14+. The van der Waals surface area contributed by atoms with Gasteiger partial charge in [0.25, 0.3) is 0 Å². The summed E-state index contributed by atoms with van der Waals surface area (Å²) in [7, 11) is 0. The maximum absolute atomic E-state index is 4.24. The van der Waals surface area contributed by atoms with Crippen molar-refractivity contribution in [3.05, 3.63) is 0 Å². The summed E-state index contributed by atoms with van der Waals surface area (Å²) in [6.45, 7) is 8.93. The molecule has 2 heteroatoms. The van der Waals surface area contributed by atoms with Crippen LogP contribution in [-0.4, -0.2) is 12.4 Å². The highest BCUT2D eigenvalue weighted by Crippen LogP contribution is 2.11. The van der Waals surface area contributed by atoms with E-state index in [4.69, 9.17) is 0 Å². The quantitative estimate of drug-likeness (QED) is 0.344. The minimum absolute atomic E-state index is 0.609. The SMILES string of the molecule is CCCCC(/C=N/N=C/C(CC)CCCC)CC. The summed E-state index contributed by atoms with van der Waals surface area (Å²) in [6.07, 6.45) is 14.0. The molecule has 18 heavy (non-hydrogen) atoms. The molecule has 0 saturated carbocycles. The maximum Gasteiger partial charge on any atom is 0.0300 e. The van der Waals surface area contributed by atoms with E-state index in [-0.39, 0.29) is 0 Å². The molecular weight excluding hydrogens is 220 g/mol. The van der Waals surface area contributed by atoms with Gasteiger partial charge in [0.15, 0.2) is 0 Å². The molecule has 0 aliphatic heterocycles. The van der Waals surface area contributed by atoms with Gasteiger partial charge in [0, 0.05) is 12.4 Å². The molecule has 0 bridgehead atoms. The van der Waals surface area contributed by atoms with E-state index in [0.717, 1.165) is 0 Å². The van der Waals surface area contributed by atoms with Crippen LogP contribution in [0.1, 0.15) is 79.1 Å². The Kier molecular flexibility index (Phi) is 12.3. The van der Waals surface area contributed by atoms with E-state index in [1.54, 1.807) is 0 Å². The Morgan fingerprint density at radius 1 is 0.722 bits per heavy atom. The summed E-state index contributed by atoms with van der Waals surface area (Å²) in [4.78, 5) is 0. The van der Waals surface area contributed by atoms with Gasteiger partial charge in [-0.05, 0) is 37.5 Å². The van der Waals surface area contributed by atoms with E-state index in [2.05, 4.69) is 37.9 Å².